The molecule has 0 radical (unpaired) electrons. The fourth-order valence-electron chi connectivity index (χ4n) is 3.28. The molecule has 2 aliphatic rings. The van der Waals surface area contributed by atoms with Gasteiger partial charge in [0.15, 0.2) is 0 Å². The van der Waals surface area contributed by atoms with Crippen molar-refractivity contribution in [3.8, 4) is 0 Å². The van der Waals surface area contributed by atoms with Crippen LogP contribution in [0.5, 0.6) is 0 Å². The monoisotopic (exact) mass is 379 g/mol. The predicted molar refractivity (Wildman–Crippen MR) is 88.4 cm³/mol. The van der Waals surface area contributed by atoms with Gasteiger partial charge in [0.2, 0.25) is 11.9 Å². The van der Waals surface area contributed by atoms with Crippen molar-refractivity contribution in [1.29, 1.82) is 0 Å². The molecular weight excluding hydrogens is 359 g/mol. The normalized spacial score (nSPS) is 21.3. The first-order valence-electron chi connectivity index (χ1n) is 8.03. The Hall–Kier alpha value is -1.61. The topological polar surface area (TPSA) is 78.9 Å². The highest BCUT2D eigenvalue weighted by molar-refractivity contribution is 5.85. The third-order valence-corrected chi connectivity index (χ3v) is 4.76. The zero-order valence-corrected chi connectivity index (χ0v) is 14.3. The van der Waals surface area contributed by atoms with Gasteiger partial charge < -0.3 is 16.0 Å². The quantitative estimate of drug-likeness (QED) is 0.680. The van der Waals surface area contributed by atoms with Crippen molar-refractivity contribution in [2.24, 2.45) is 11.3 Å². The van der Waals surface area contributed by atoms with E-state index in [1.807, 2.05) is 0 Å². The van der Waals surface area contributed by atoms with Crippen LogP contribution in [-0.2, 0) is 11.0 Å². The number of piperidine rings is 1. The van der Waals surface area contributed by atoms with E-state index in [0.29, 0.717) is 6.54 Å². The molecule has 1 spiro atoms. The van der Waals surface area contributed by atoms with E-state index >= 15 is 0 Å². The van der Waals surface area contributed by atoms with Gasteiger partial charge in [0.1, 0.15) is 5.69 Å². The molecule has 1 aromatic rings. The van der Waals surface area contributed by atoms with Crippen molar-refractivity contribution < 1.29 is 18.0 Å². The number of hydrogen-bond acceptors (Lipinski definition) is 5. The average molecular weight is 380 g/mol. The number of rotatable bonds is 5. The number of carbonyl (C=O) groups excluding carboxylic acids is 1. The molecule has 2 heterocycles. The Bertz CT molecular complexity index is 607. The van der Waals surface area contributed by atoms with Gasteiger partial charge in [-0.1, -0.05) is 0 Å². The molecule has 140 valence electrons. The van der Waals surface area contributed by atoms with Crippen LogP contribution in [0.15, 0.2) is 12.3 Å². The summed E-state index contributed by atoms with van der Waals surface area (Å²) in [6.07, 6.45) is -0.446. The number of nitrogens with zero attached hydrogens (tertiary/aromatic N) is 2. The Morgan fingerprint density at radius 1 is 1.32 bits per heavy atom. The smallest absolute Gasteiger partial charge is 0.354 e. The molecule has 1 aliphatic carbocycles. The van der Waals surface area contributed by atoms with Crippen LogP contribution in [0.1, 0.15) is 25.0 Å². The highest BCUT2D eigenvalue weighted by Gasteiger charge is 2.57. The summed E-state index contributed by atoms with van der Waals surface area (Å²) in [5, 5.41) is 8.82. The first kappa shape index (κ1) is 19.7. The molecule has 3 N–H and O–H groups in total. The second kappa shape index (κ2) is 7.74. The van der Waals surface area contributed by atoms with Crippen molar-refractivity contribution in [3.63, 3.8) is 0 Å². The Labute approximate surface area is 149 Å². The summed E-state index contributed by atoms with van der Waals surface area (Å²) in [6.45, 7) is 2.51. The van der Waals surface area contributed by atoms with Crippen molar-refractivity contribution in [2.45, 2.75) is 25.4 Å². The maximum atomic E-state index is 12.6. The number of aromatic nitrogens is 2. The van der Waals surface area contributed by atoms with E-state index < -0.39 is 11.9 Å². The van der Waals surface area contributed by atoms with Gasteiger partial charge in [0.05, 0.1) is 0 Å². The molecule has 1 amide bonds. The maximum Gasteiger partial charge on any atom is 0.433 e. The molecule has 10 heteroatoms. The number of carbonyl (C=O) groups is 1. The lowest BCUT2D eigenvalue weighted by atomic mass is 9.92. The number of alkyl halides is 3. The Morgan fingerprint density at radius 2 is 2.04 bits per heavy atom. The minimum atomic E-state index is -4.50. The number of anilines is 1. The summed E-state index contributed by atoms with van der Waals surface area (Å²) in [5.41, 5.74) is -0.817. The third-order valence-electron chi connectivity index (χ3n) is 4.76. The van der Waals surface area contributed by atoms with Gasteiger partial charge in [-0.05, 0) is 43.8 Å². The fourth-order valence-corrected chi connectivity index (χ4v) is 3.28. The van der Waals surface area contributed by atoms with Crippen molar-refractivity contribution in [2.75, 3.05) is 31.5 Å². The highest BCUT2D eigenvalue weighted by Crippen LogP contribution is 2.58. The molecule has 1 aliphatic heterocycles. The van der Waals surface area contributed by atoms with Crippen LogP contribution in [0.25, 0.3) is 0 Å². The van der Waals surface area contributed by atoms with E-state index in [9.17, 15) is 18.0 Å². The van der Waals surface area contributed by atoms with E-state index in [-0.39, 0.29) is 42.1 Å². The molecule has 6 nitrogen and oxygen atoms in total. The van der Waals surface area contributed by atoms with E-state index in [2.05, 4.69) is 25.9 Å². The van der Waals surface area contributed by atoms with Crippen LogP contribution in [0.2, 0.25) is 0 Å². The van der Waals surface area contributed by atoms with Crippen molar-refractivity contribution in [3.05, 3.63) is 18.0 Å². The van der Waals surface area contributed by atoms with Crippen LogP contribution in [0, 0.1) is 11.3 Å². The fraction of sp³-hybridized carbons (Fsp3) is 0.667. The summed E-state index contributed by atoms with van der Waals surface area (Å²) in [6, 6.07) is 0.818. The molecule has 0 bridgehead atoms. The Morgan fingerprint density at radius 3 is 2.72 bits per heavy atom. The van der Waals surface area contributed by atoms with Gasteiger partial charge in [-0.3, -0.25) is 4.79 Å². The van der Waals surface area contributed by atoms with Gasteiger partial charge in [0, 0.05) is 25.2 Å². The lowest BCUT2D eigenvalue weighted by Gasteiger charge is -2.23. The lowest BCUT2D eigenvalue weighted by Crippen LogP contribution is -2.35. The largest absolute Gasteiger partial charge is 0.433 e. The van der Waals surface area contributed by atoms with Crippen LogP contribution in [0.3, 0.4) is 0 Å². The molecule has 2 fully saturated rings. The second-order valence-electron chi connectivity index (χ2n) is 6.35. The van der Waals surface area contributed by atoms with E-state index in [0.717, 1.165) is 44.6 Å². The summed E-state index contributed by atoms with van der Waals surface area (Å²) >= 11 is 0. The summed E-state index contributed by atoms with van der Waals surface area (Å²) < 4.78 is 37.7. The maximum absolute atomic E-state index is 12.6. The standard InChI is InChI=1S/C15H20F3N5O.ClH/c16-15(17,18)11-1-4-21-13(23-11)22-8-7-20-12(24)10-9-14(10)2-5-19-6-3-14;/h1,4,10,19H,2-3,5-9H2,(H,20,24)(H,21,22,23);1H. The molecule has 3 rings (SSSR count). The number of nitrogens with one attached hydrogen (secondary N) is 3. The zero-order chi connectivity index (χ0) is 17.2. The molecular formula is C15H21ClF3N5O. The summed E-state index contributed by atoms with van der Waals surface area (Å²) in [5.74, 6) is 0.00777. The van der Waals surface area contributed by atoms with Gasteiger partial charge in [0.25, 0.3) is 0 Å². The molecule has 1 unspecified atom stereocenters. The minimum Gasteiger partial charge on any atom is -0.354 e. The van der Waals surface area contributed by atoms with Gasteiger partial charge in [-0.15, -0.1) is 12.4 Å². The van der Waals surface area contributed by atoms with Crippen molar-refractivity contribution in [1.82, 2.24) is 20.6 Å². The lowest BCUT2D eigenvalue weighted by molar-refractivity contribution is -0.141. The van der Waals surface area contributed by atoms with Gasteiger partial charge >= 0.3 is 6.18 Å². The SMILES string of the molecule is Cl.O=C(NCCNc1nccc(C(F)(F)F)n1)C1CC12CCNCC2. The molecule has 1 saturated heterocycles. The first-order chi connectivity index (χ1) is 11.4. The first-order valence-corrected chi connectivity index (χ1v) is 8.03. The van der Waals surface area contributed by atoms with Crippen LogP contribution in [-0.4, -0.2) is 42.1 Å². The van der Waals surface area contributed by atoms with E-state index in [4.69, 9.17) is 0 Å². The molecule has 25 heavy (non-hydrogen) atoms. The van der Waals surface area contributed by atoms with E-state index in [1.54, 1.807) is 0 Å². The Kier molecular flexibility index (Phi) is 6.10. The molecule has 1 saturated carbocycles. The predicted octanol–water partition coefficient (Wildman–Crippen LogP) is 1.83. The number of halogens is 4. The zero-order valence-electron chi connectivity index (χ0n) is 13.5. The molecule has 1 aromatic heterocycles. The highest BCUT2D eigenvalue weighted by atomic mass is 35.5. The number of amides is 1. The number of hydrogen-bond donors (Lipinski definition) is 3. The minimum absolute atomic E-state index is 0. The second-order valence-corrected chi connectivity index (χ2v) is 6.35. The average Bonchev–Trinajstić information content (AvgIpc) is 3.25. The van der Waals surface area contributed by atoms with Gasteiger partial charge in [-0.2, -0.15) is 13.2 Å². The van der Waals surface area contributed by atoms with Crippen molar-refractivity contribution >= 4 is 24.3 Å². The third kappa shape index (κ3) is 4.72. The van der Waals surface area contributed by atoms with E-state index in [1.165, 1.54) is 0 Å². The Balaban J connectivity index is 0.00000225. The van der Waals surface area contributed by atoms with Gasteiger partial charge in [-0.25, -0.2) is 9.97 Å². The summed E-state index contributed by atoms with van der Waals surface area (Å²) in [4.78, 5) is 19.3. The van der Waals surface area contributed by atoms with Crippen LogP contribution in [0.4, 0.5) is 19.1 Å². The van der Waals surface area contributed by atoms with Crippen LogP contribution < -0.4 is 16.0 Å². The molecule has 1 atom stereocenters. The molecule has 0 aromatic carbocycles. The van der Waals surface area contributed by atoms with Crippen LogP contribution >= 0.6 is 12.4 Å². The summed E-state index contributed by atoms with van der Waals surface area (Å²) in [7, 11) is 0.